The number of carbonyl (C=O) groups is 3. The largest absolute Gasteiger partial charge is 0.497 e. The average molecular weight is 429 g/mol. The Balaban J connectivity index is 1.14. The third-order valence-corrected chi connectivity index (χ3v) is 7.54. The van der Waals surface area contributed by atoms with Crippen LogP contribution in [-0.2, 0) is 9.59 Å². The Hall–Kier alpha value is -3.41. The van der Waals surface area contributed by atoms with Crippen molar-refractivity contribution >= 4 is 23.3 Å². The van der Waals surface area contributed by atoms with Crippen molar-refractivity contribution in [2.24, 2.45) is 35.5 Å². The van der Waals surface area contributed by atoms with Gasteiger partial charge in [0.2, 0.25) is 11.8 Å². The van der Waals surface area contributed by atoms with E-state index in [0.29, 0.717) is 34.6 Å². The quantitative estimate of drug-likeness (QED) is 0.399. The van der Waals surface area contributed by atoms with E-state index in [1.54, 1.807) is 55.6 Å². The molecular formula is C26H23NO5. The van der Waals surface area contributed by atoms with Crippen molar-refractivity contribution in [2.45, 2.75) is 6.42 Å². The van der Waals surface area contributed by atoms with E-state index >= 15 is 0 Å². The monoisotopic (exact) mass is 429 g/mol. The lowest BCUT2D eigenvalue weighted by Crippen LogP contribution is -2.40. The Morgan fingerprint density at radius 3 is 2.00 bits per heavy atom. The minimum absolute atomic E-state index is 0.0759. The van der Waals surface area contributed by atoms with Crippen molar-refractivity contribution in [3.05, 3.63) is 66.2 Å². The van der Waals surface area contributed by atoms with Crippen molar-refractivity contribution < 1.29 is 23.9 Å². The number of hydrogen-bond acceptors (Lipinski definition) is 5. The number of ketones is 1. The Labute approximate surface area is 185 Å². The number of methoxy groups -OCH3 is 1. The molecule has 2 aromatic carbocycles. The standard InChI is InChI=1S/C26H23NO5/c1-31-16-6-2-14(3-7-16)22(28)13-32-17-8-4-15(5-9-17)27-25(29)23-18-10-11-19(21-12-20(18)21)24(23)26(27)30/h2-11,18-21,23-24H,12-13H2,1H3/t18-,19-,20-,21-,23+,24+/m1/s1. The van der Waals surface area contributed by atoms with Gasteiger partial charge in [-0.2, -0.15) is 0 Å². The molecule has 1 saturated heterocycles. The number of nitrogens with zero attached hydrogens (tertiary/aromatic N) is 1. The summed E-state index contributed by atoms with van der Waals surface area (Å²) >= 11 is 0. The van der Waals surface area contributed by atoms with Crippen molar-refractivity contribution in [3.63, 3.8) is 0 Å². The van der Waals surface area contributed by atoms with Gasteiger partial charge in [-0.1, -0.05) is 12.2 Å². The maximum atomic E-state index is 13.2. The van der Waals surface area contributed by atoms with Gasteiger partial charge >= 0.3 is 0 Å². The van der Waals surface area contributed by atoms with Crippen LogP contribution in [0.3, 0.4) is 0 Å². The van der Waals surface area contributed by atoms with Gasteiger partial charge in [0.25, 0.3) is 0 Å². The predicted molar refractivity (Wildman–Crippen MR) is 116 cm³/mol. The molecular weight excluding hydrogens is 406 g/mol. The lowest BCUT2D eigenvalue weighted by atomic mass is 9.63. The zero-order valence-electron chi connectivity index (χ0n) is 17.6. The van der Waals surface area contributed by atoms with Crippen LogP contribution in [0.2, 0.25) is 0 Å². The fourth-order valence-electron chi connectivity index (χ4n) is 5.91. The van der Waals surface area contributed by atoms with Crippen molar-refractivity contribution in [3.8, 4) is 11.5 Å². The zero-order valence-corrected chi connectivity index (χ0v) is 17.6. The molecule has 32 heavy (non-hydrogen) atoms. The Bertz CT molecular complexity index is 1100. The minimum Gasteiger partial charge on any atom is -0.497 e. The maximum absolute atomic E-state index is 13.2. The van der Waals surface area contributed by atoms with E-state index in [4.69, 9.17) is 9.47 Å². The van der Waals surface area contributed by atoms with Crippen LogP contribution in [0.4, 0.5) is 5.69 Å². The first-order chi connectivity index (χ1) is 15.6. The topological polar surface area (TPSA) is 72.9 Å². The summed E-state index contributed by atoms with van der Waals surface area (Å²) in [5.74, 6) is 2.07. The number of amides is 2. The van der Waals surface area contributed by atoms with Crippen LogP contribution in [0.1, 0.15) is 16.8 Å². The number of carbonyl (C=O) groups excluding carboxylic acids is 3. The number of ether oxygens (including phenoxy) is 2. The van der Waals surface area contributed by atoms with E-state index in [0.717, 1.165) is 6.42 Å². The molecule has 0 spiro atoms. The molecule has 6 nitrogen and oxygen atoms in total. The average Bonchev–Trinajstić information content (AvgIpc) is 3.61. The zero-order chi connectivity index (χ0) is 22.0. The van der Waals surface area contributed by atoms with Crippen molar-refractivity contribution in [1.82, 2.24) is 0 Å². The number of Topliss-reactive ketones (excluding diaryl/α,β-unsaturated/α-hetero) is 1. The van der Waals surface area contributed by atoms with Gasteiger partial charge in [0.1, 0.15) is 11.5 Å². The van der Waals surface area contributed by atoms with Crippen LogP contribution in [0.15, 0.2) is 60.7 Å². The lowest BCUT2D eigenvalue weighted by molar-refractivity contribution is -0.124. The highest BCUT2D eigenvalue weighted by Gasteiger charge is 2.67. The Morgan fingerprint density at radius 2 is 1.44 bits per heavy atom. The molecule has 1 aliphatic heterocycles. The van der Waals surface area contributed by atoms with E-state index < -0.39 is 0 Å². The van der Waals surface area contributed by atoms with Gasteiger partial charge < -0.3 is 9.47 Å². The summed E-state index contributed by atoms with van der Waals surface area (Å²) in [6.07, 6.45) is 5.49. The molecule has 0 aromatic heterocycles. The van der Waals surface area contributed by atoms with Gasteiger partial charge in [0, 0.05) is 5.56 Å². The fourth-order valence-corrected chi connectivity index (χ4v) is 5.91. The molecule has 5 aliphatic rings. The second kappa shape index (κ2) is 7.05. The summed E-state index contributed by atoms with van der Waals surface area (Å²) in [7, 11) is 1.57. The number of benzene rings is 2. The first kappa shape index (κ1) is 19.3. The third kappa shape index (κ3) is 2.82. The van der Waals surface area contributed by atoms with E-state index in [-0.39, 0.29) is 47.9 Å². The SMILES string of the molecule is COc1ccc(C(=O)COc2ccc(N3C(=O)[C@H]4[C@@H]5C=C[C@H]([C@H]6C[C@H]56)[C@@H]4C3=O)cc2)cc1. The summed E-state index contributed by atoms with van der Waals surface area (Å²) in [6, 6.07) is 13.7. The molecule has 7 rings (SSSR count). The molecule has 0 radical (unpaired) electrons. The van der Waals surface area contributed by atoms with Crippen molar-refractivity contribution in [1.29, 1.82) is 0 Å². The molecule has 3 fully saturated rings. The summed E-state index contributed by atoms with van der Waals surface area (Å²) in [4.78, 5) is 40.1. The van der Waals surface area contributed by atoms with Gasteiger partial charge in [-0.25, -0.2) is 0 Å². The molecule has 6 heteroatoms. The van der Waals surface area contributed by atoms with E-state index in [1.165, 1.54) is 4.90 Å². The lowest BCUT2D eigenvalue weighted by Gasteiger charge is -2.37. The molecule has 2 bridgehead atoms. The van der Waals surface area contributed by atoms with Crippen LogP contribution in [0, 0.1) is 35.5 Å². The second-order valence-electron chi connectivity index (χ2n) is 9.10. The van der Waals surface area contributed by atoms with Gasteiger partial charge in [-0.05, 0) is 78.6 Å². The number of rotatable bonds is 6. The Morgan fingerprint density at radius 1 is 0.875 bits per heavy atom. The van der Waals surface area contributed by atoms with Crippen LogP contribution in [0.5, 0.6) is 11.5 Å². The second-order valence-corrected chi connectivity index (χ2v) is 9.10. The molecule has 6 atom stereocenters. The highest BCUT2D eigenvalue weighted by atomic mass is 16.5. The van der Waals surface area contributed by atoms with Gasteiger partial charge in [-0.15, -0.1) is 0 Å². The molecule has 1 heterocycles. The normalized spacial score (nSPS) is 31.3. The third-order valence-electron chi connectivity index (χ3n) is 7.54. The van der Waals surface area contributed by atoms with Gasteiger partial charge in [0.05, 0.1) is 24.6 Å². The molecule has 2 saturated carbocycles. The number of anilines is 1. The number of imide groups is 1. The summed E-state index contributed by atoms with van der Waals surface area (Å²) < 4.78 is 10.7. The highest BCUT2D eigenvalue weighted by molar-refractivity contribution is 6.22. The van der Waals surface area contributed by atoms with E-state index in [1.807, 2.05) is 0 Å². The minimum atomic E-state index is -0.209. The smallest absolute Gasteiger partial charge is 0.238 e. The van der Waals surface area contributed by atoms with E-state index in [2.05, 4.69) is 12.2 Å². The summed E-state index contributed by atoms with van der Waals surface area (Å²) in [5.41, 5.74) is 1.11. The molecule has 2 aromatic rings. The molecule has 0 N–H and O–H groups in total. The highest BCUT2D eigenvalue weighted by Crippen LogP contribution is 2.65. The first-order valence-corrected chi connectivity index (χ1v) is 11.0. The fraction of sp³-hybridized carbons (Fsp3) is 0.346. The summed E-state index contributed by atoms with van der Waals surface area (Å²) in [6.45, 7) is -0.102. The van der Waals surface area contributed by atoms with Crippen LogP contribution in [0.25, 0.3) is 0 Å². The number of hydrogen-bond donors (Lipinski definition) is 0. The van der Waals surface area contributed by atoms with Gasteiger partial charge in [-0.3, -0.25) is 19.3 Å². The summed E-state index contributed by atoms with van der Waals surface area (Å²) in [5, 5.41) is 0. The Kier molecular flexibility index (Phi) is 4.25. The van der Waals surface area contributed by atoms with Crippen LogP contribution < -0.4 is 14.4 Å². The number of allylic oxidation sites excluding steroid dienone is 2. The van der Waals surface area contributed by atoms with Gasteiger partial charge in [0.15, 0.2) is 12.4 Å². The van der Waals surface area contributed by atoms with Crippen LogP contribution >= 0.6 is 0 Å². The maximum Gasteiger partial charge on any atom is 0.238 e. The van der Waals surface area contributed by atoms with E-state index in [9.17, 15) is 14.4 Å². The molecule has 2 amide bonds. The molecule has 162 valence electrons. The molecule has 4 aliphatic carbocycles. The predicted octanol–water partition coefficient (Wildman–Crippen LogP) is 3.51. The van der Waals surface area contributed by atoms with Crippen molar-refractivity contribution in [2.75, 3.05) is 18.6 Å². The van der Waals surface area contributed by atoms with Crippen LogP contribution in [-0.4, -0.2) is 31.3 Å². The molecule has 0 unspecified atom stereocenters. The first-order valence-electron chi connectivity index (χ1n) is 11.0.